The molecule has 1 amide bonds. The normalized spacial score (nSPS) is 19.0. The molecule has 0 bridgehead atoms. The summed E-state index contributed by atoms with van der Waals surface area (Å²) in [5, 5.41) is 5.96. The molecule has 1 aromatic rings. The first-order valence-corrected chi connectivity index (χ1v) is 9.67. The number of carbonyl (C=O) groups is 1. The van der Waals surface area contributed by atoms with E-state index in [1.807, 2.05) is 12.1 Å². The first-order chi connectivity index (χ1) is 11.4. The lowest BCUT2D eigenvalue weighted by Gasteiger charge is -2.12. The Morgan fingerprint density at radius 1 is 1.25 bits per heavy atom. The summed E-state index contributed by atoms with van der Waals surface area (Å²) in [7, 11) is 0.246. The Kier molecular flexibility index (Phi) is 6.44. The van der Waals surface area contributed by atoms with Crippen LogP contribution in [-0.4, -0.2) is 52.6 Å². The van der Waals surface area contributed by atoms with E-state index in [9.17, 15) is 13.2 Å². The maximum atomic E-state index is 11.9. The minimum Gasteiger partial charge on any atom is -0.493 e. The van der Waals surface area contributed by atoms with Crippen molar-refractivity contribution in [3.63, 3.8) is 0 Å². The van der Waals surface area contributed by atoms with Crippen LogP contribution < -0.4 is 20.1 Å². The largest absolute Gasteiger partial charge is 0.493 e. The van der Waals surface area contributed by atoms with Crippen LogP contribution in [0.2, 0.25) is 0 Å². The predicted molar refractivity (Wildman–Crippen MR) is 91.1 cm³/mol. The molecule has 24 heavy (non-hydrogen) atoms. The van der Waals surface area contributed by atoms with Gasteiger partial charge in [0.1, 0.15) is 0 Å². The summed E-state index contributed by atoms with van der Waals surface area (Å²) in [5.41, 5.74) is 0.913. The van der Waals surface area contributed by atoms with E-state index < -0.39 is 9.84 Å². The zero-order chi connectivity index (χ0) is 17.6. The Hall–Kier alpha value is -1.80. The Morgan fingerprint density at radius 3 is 2.62 bits per heavy atom. The summed E-state index contributed by atoms with van der Waals surface area (Å²) in [4.78, 5) is 11.9. The van der Waals surface area contributed by atoms with Crippen LogP contribution in [0.1, 0.15) is 18.4 Å². The number of carbonyl (C=O) groups excluding carboxylic acids is 1. The number of methoxy groups -OCH3 is 2. The van der Waals surface area contributed by atoms with Gasteiger partial charge in [-0.2, -0.15) is 0 Å². The molecule has 0 aliphatic carbocycles. The lowest BCUT2D eigenvalue weighted by molar-refractivity contribution is -0.121. The molecule has 0 radical (unpaired) electrons. The molecule has 2 N–H and O–H groups in total. The van der Waals surface area contributed by atoms with Crippen LogP contribution in [0.4, 0.5) is 0 Å². The fourth-order valence-corrected chi connectivity index (χ4v) is 4.33. The SMILES string of the molecule is COc1ccc(CNC(=O)CCNC2CCS(=O)(=O)C2)cc1OC. The fourth-order valence-electron chi connectivity index (χ4n) is 2.63. The van der Waals surface area contributed by atoms with Crippen LogP contribution in [0.3, 0.4) is 0 Å². The van der Waals surface area contributed by atoms with Gasteiger partial charge in [-0.1, -0.05) is 6.07 Å². The third-order valence-electron chi connectivity index (χ3n) is 3.96. The van der Waals surface area contributed by atoms with E-state index in [-0.39, 0.29) is 23.5 Å². The van der Waals surface area contributed by atoms with Crippen LogP contribution >= 0.6 is 0 Å². The topological polar surface area (TPSA) is 93.7 Å². The zero-order valence-corrected chi connectivity index (χ0v) is 14.8. The molecule has 1 unspecified atom stereocenters. The van der Waals surface area contributed by atoms with Crippen molar-refractivity contribution < 1.29 is 22.7 Å². The predicted octanol–water partition coefficient (Wildman–Crippen LogP) is 0.487. The highest BCUT2D eigenvalue weighted by Crippen LogP contribution is 2.27. The van der Waals surface area contributed by atoms with Crippen molar-refractivity contribution in [3.05, 3.63) is 23.8 Å². The summed E-state index contributed by atoms with van der Waals surface area (Å²) in [6.45, 7) is 0.870. The molecule has 1 heterocycles. The first-order valence-electron chi connectivity index (χ1n) is 7.85. The fraction of sp³-hybridized carbons (Fsp3) is 0.562. The van der Waals surface area contributed by atoms with Gasteiger partial charge in [0.25, 0.3) is 0 Å². The van der Waals surface area contributed by atoms with E-state index in [0.717, 1.165) is 5.56 Å². The standard InChI is InChI=1S/C16H24N2O5S/c1-22-14-4-3-12(9-15(14)23-2)10-18-16(19)5-7-17-13-6-8-24(20,21)11-13/h3-4,9,13,17H,5-8,10-11H2,1-2H3,(H,18,19). The van der Waals surface area contributed by atoms with E-state index >= 15 is 0 Å². The summed E-state index contributed by atoms with van der Waals surface area (Å²) in [6.07, 6.45) is 0.930. The molecule has 1 aliphatic heterocycles. The maximum absolute atomic E-state index is 11.9. The van der Waals surface area contributed by atoms with Gasteiger partial charge < -0.3 is 20.1 Å². The number of benzene rings is 1. The Balaban J connectivity index is 1.71. The summed E-state index contributed by atoms with van der Waals surface area (Å²) < 4.78 is 33.1. The molecule has 1 atom stereocenters. The van der Waals surface area contributed by atoms with Crippen LogP contribution in [0.5, 0.6) is 11.5 Å². The summed E-state index contributed by atoms with van der Waals surface area (Å²) in [6, 6.07) is 5.44. The Bertz CT molecular complexity index is 675. The molecule has 2 rings (SSSR count). The van der Waals surface area contributed by atoms with Gasteiger partial charge in [0.15, 0.2) is 21.3 Å². The minimum absolute atomic E-state index is 0.0337. The number of rotatable bonds is 8. The lowest BCUT2D eigenvalue weighted by Crippen LogP contribution is -2.34. The second-order valence-electron chi connectivity index (χ2n) is 5.77. The van der Waals surface area contributed by atoms with Crippen molar-refractivity contribution in [3.8, 4) is 11.5 Å². The van der Waals surface area contributed by atoms with Gasteiger partial charge >= 0.3 is 0 Å². The van der Waals surface area contributed by atoms with Crippen molar-refractivity contribution >= 4 is 15.7 Å². The van der Waals surface area contributed by atoms with E-state index in [0.29, 0.717) is 37.4 Å². The van der Waals surface area contributed by atoms with Crippen molar-refractivity contribution in [2.45, 2.75) is 25.4 Å². The van der Waals surface area contributed by atoms with Gasteiger partial charge in [-0.25, -0.2) is 8.42 Å². The number of hydrogen-bond acceptors (Lipinski definition) is 6. The molecule has 0 spiro atoms. The number of nitrogens with one attached hydrogen (secondary N) is 2. The van der Waals surface area contributed by atoms with Gasteiger partial charge in [0.05, 0.1) is 25.7 Å². The van der Waals surface area contributed by atoms with E-state index in [4.69, 9.17) is 9.47 Å². The van der Waals surface area contributed by atoms with Gasteiger partial charge in [-0.15, -0.1) is 0 Å². The molecular weight excluding hydrogens is 332 g/mol. The Labute approximate surface area is 142 Å². The number of amides is 1. The van der Waals surface area contributed by atoms with Gasteiger partial charge in [0, 0.05) is 25.6 Å². The average Bonchev–Trinajstić information content (AvgIpc) is 2.91. The van der Waals surface area contributed by atoms with Crippen LogP contribution in [0, 0.1) is 0 Å². The average molecular weight is 356 g/mol. The second kappa shape index (κ2) is 8.34. The molecule has 134 valence electrons. The van der Waals surface area contributed by atoms with Gasteiger partial charge in [0.2, 0.25) is 5.91 Å². The third-order valence-corrected chi connectivity index (χ3v) is 5.72. The summed E-state index contributed by atoms with van der Waals surface area (Å²) >= 11 is 0. The molecule has 1 saturated heterocycles. The van der Waals surface area contributed by atoms with Crippen molar-refractivity contribution in [1.82, 2.24) is 10.6 Å². The van der Waals surface area contributed by atoms with Gasteiger partial charge in [-0.3, -0.25) is 4.79 Å². The number of sulfone groups is 1. The molecule has 7 nitrogen and oxygen atoms in total. The van der Waals surface area contributed by atoms with Crippen LogP contribution in [0.15, 0.2) is 18.2 Å². The molecule has 0 aromatic heterocycles. The molecular formula is C16H24N2O5S. The molecule has 0 saturated carbocycles. The summed E-state index contributed by atoms with van der Waals surface area (Å²) in [5.74, 6) is 1.57. The lowest BCUT2D eigenvalue weighted by atomic mass is 10.2. The molecule has 1 aliphatic rings. The molecule has 1 aromatic carbocycles. The van der Waals surface area contributed by atoms with Crippen molar-refractivity contribution in [1.29, 1.82) is 0 Å². The van der Waals surface area contributed by atoms with E-state index in [1.54, 1.807) is 20.3 Å². The van der Waals surface area contributed by atoms with Crippen molar-refractivity contribution in [2.24, 2.45) is 0 Å². The first kappa shape index (κ1) is 18.5. The zero-order valence-electron chi connectivity index (χ0n) is 14.0. The number of hydrogen-bond donors (Lipinski definition) is 2. The highest BCUT2D eigenvalue weighted by Gasteiger charge is 2.27. The molecule has 1 fully saturated rings. The van der Waals surface area contributed by atoms with Crippen molar-refractivity contribution in [2.75, 3.05) is 32.3 Å². The van der Waals surface area contributed by atoms with Crippen LogP contribution in [0.25, 0.3) is 0 Å². The van der Waals surface area contributed by atoms with Crippen LogP contribution in [-0.2, 0) is 21.2 Å². The number of ether oxygens (including phenoxy) is 2. The Morgan fingerprint density at radius 2 is 2.00 bits per heavy atom. The third kappa shape index (κ3) is 5.38. The van der Waals surface area contributed by atoms with Gasteiger partial charge in [-0.05, 0) is 24.1 Å². The monoisotopic (exact) mass is 356 g/mol. The van der Waals surface area contributed by atoms with E-state index in [2.05, 4.69) is 10.6 Å². The smallest absolute Gasteiger partial charge is 0.221 e. The van der Waals surface area contributed by atoms with E-state index in [1.165, 1.54) is 0 Å². The minimum atomic E-state index is -2.89. The highest BCUT2D eigenvalue weighted by atomic mass is 32.2. The maximum Gasteiger partial charge on any atom is 0.221 e. The molecule has 8 heteroatoms. The highest BCUT2D eigenvalue weighted by molar-refractivity contribution is 7.91. The second-order valence-corrected chi connectivity index (χ2v) is 8.00. The quantitative estimate of drug-likeness (QED) is 0.704.